The van der Waals surface area contributed by atoms with Crippen LogP contribution in [0.25, 0.3) is 0 Å². The second kappa shape index (κ2) is 27.7. The lowest BCUT2D eigenvalue weighted by Crippen LogP contribution is -2.52. The van der Waals surface area contributed by atoms with Crippen molar-refractivity contribution in [2.24, 2.45) is 23.3 Å². The molecule has 410 valence electrons. The molecule has 2 saturated heterocycles. The fourth-order valence-corrected chi connectivity index (χ4v) is 8.23. The highest BCUT2D eigenvalue weighted by atomic mass is 19.4. The molecule has 5 heterocycles. The topological polar surface area (TPSA) is 285 Å². The molecule has 24 nitrogen and oxygen atoms in total. The Morgan fingerprint density at radius 1 is 0.760 bits per heavy atom. The Bertz CT molecular complexity index is 2480. The number of alkyl halides is 3. The van der Waals surface area contributed by atoms with Crippen LogP contribution >= 0.6 is 0 Å². The minimum absolute atomic E-state index is 0.0519. The molecular formula is C48H69F3N16O8. The Labute approximate surface area is 433 Å². The monoisotopic (exact) mass is 1050 g/mol. The van der Waals surface area contributed by atoms with E-state index in [1.165, 1.54) is 10.9 Å². The largest absolute Gasteiger partial charge is 0.508 e. The molecular weight excluding hydrogens is 986 g/mol. The van der Waals surface area contributed by atoms with Crippen molar-refractivity contribution in [3.05, 3.63) is 53.6 Å². The van der Waals surface area contributed by atoms with Gasteiger partial charge in [0.15, 0.2) is 0 Å². The Balaban J connectivity index is 1.14. The van der Waals surface area contributed by atoms with Crippen LogP contribution in [0.3, 0.4) is 0 Å². The van der Waals surface area contributed by atoms with Crippen molar-refractivity contribution in [2.75, 3.05) is 120 Å². The number of nitrogens with zero attached hydrogens (tertiary/aromatic N) is 13. The number of terminal acetylenes is 1. The van der Waals surface area contributed by atoms with Crippen molar-refractivity contribution in [1.82, 2.24) is 54.7 Å². The summed E-state index contributed by atoms with van der Waals surface area (Å²) in [5.74, 6) is 0.740. The maximum absolute atomic E-state index is 14.5. The lowest BCUT2D eigenvalue weighted by Gasteiger charge is -2.38. The average molecular weight is 1060 g/mol. The van der Waals surface area contributed by atoms with Gasteiger partial charge in [0.2, 0.25) is 29.7 Å². The van der Waals surface area contributed by atoms with Crippen molar-refractivity contribution in [1.29, 1.82) is 0 Å². The summed E-state index contributed by atoms with van der Waals surface area (Å²) in [6.07, 6.45) is 4.90. The number of hydrogen-bond acceptors (Lipinski definition) is 20. The molecule has 27 heteroatoms. The summed E-state index contributed by atoms with van der Waals surface area (Å²) in [6.45, 7) is 12.3. The average Bonchev–Trinajstić information content (AvgIpc) is 4.12. The van der Waals surface area contributed by atoms with Crippen molar-refractivity contribution in [3.63, 3.8) is 0 Å². The molecule has 2 aliphatic rings. The van der Waals surface area contributed by atoms with Gasteiger partial charge < -0.3 is 60.4 Å². The highest BCUT2D eigenvalue weighted by Gasteiger charge is 2.41. The number of carbonyl (C=O) groups excluding carboxylic acids is 3. The fourth-order valence-electron chi connectivity index (χ4n) is 8.23. The van der Waals surface area contributed by atoms with E-state index >= 15 is 0 Å². The van der Waals surface area contributed by atoms with E-state index in [1.807, 2.05) is 30.6 Å². The molecule has 0 saturated carbocycles. The van der Waals surface area contributed by atoms with Crippen LogP contribution in [-0.4, -0.2) is 189 Å². The third-order valence-electron chi connectivity index (χ3n) is 13.2. The zero-order valence-electron chi connectivity index (χ0n) is 42.8. The van der Waals surface area contributed by atoms with E-state index in [2.05, 4.69) is 43.5 Å². The Hall–Kier alpha value is -6.73. The molecule has 0 radical (unpaired) electrons. The number of nitrogens with two attached hydrogens (primary N) is 2. The predicted molar refractivity (Wildman–Crippen MR) is 267 cm³/mol. The van der Waals surface area contributed by atoms with E-state index in [1.54, 1.807) is 44.9 Å². The molecule has 6 rings (SSSR count). The smallest absolute Gasteiger partial charge is 0.490 e. The maximum Gasteiger partial charge on any atom is 0.490 e. The van der Waals surface area contributed by atoms with Crippen molar-refractivity contribution >= 4 is 35.6 Å². The van der Waals surface area contributed by atoms with Crippen LogP contribution in [0.1, 0.15) is 81.7 Å². The summed E-state index contributed by atoms with van der Waals surface area (Å²) in [5, 5.41) is 30.1. The second-order valence-corrected chi connectivity index (χ2v) is 18.4. The predicted octanol–water partition coefficient (Wildman–Crippen LogP) is 2.07. The molecule has 6 atom stereocenters. The van der Waals surface area contributed by atoms with E-state index < -0.39 is 36.9 Å². The second-order valence-electron chi connectivity index (χ2n) is 18.4. The fraction of sp³-hybridized carbons (Fsp3) is 0.625. The molecule has 2 amide bonds. The molecule has 75 heavy (non-hydrogen) atoms. The standard InChI is InChI=1S/C48H69F3N16O8/c1-6-22-72-24-26-74-27-25-73-23-13-54-45-55-46(64-18-14-62(15-19-64)42(69)39(28-34-9-11-35(68)12-10-34)66-30-38(59-60-66)40(53)32(4)7-2)57-47(56-45)65-20-16-63(17-21-65)43(70)41(33(5)8-3)67-29-37(58-61-67)36(52)31-75-44(71)48(49,50)51/h1,9-12,29-30,32-33,36,39-41,68H,7-8,13-28,31,52-53H2,2-5H3,(H,54,55,56,57)/t32-,33+,36?,39+,40?,41?/m1/s1. The molecule has 0 bridgehead atoms. The molecule has 6 N–H and O–H groups in total. The van der Waals surface area contributed by atoms with Gasteiger partial charge in [-0.25, -0.2) is 14.2 Å². The van der Waals surface area contributed by atoms with Gasteiger partial charge in [0.05, 0.1) is 63.2 Å². The minimum Gasteiger partial charge on any atom is -0.508 e. The van der Waals surface area contributed by atoms with Gasteiger partial charge in [-0.05, 0) is 29.5 Å². The number of aromatic hydroxyl groups is 1. The molecule has 1 aromatic carbocycles. The first-order chi connectivity index (χ1) is 36.0. The number of aromatic nitrogens is 9. The number of nitrogens with one attached hydrogen (secondary N) is 1. The number of ether oxygens (including phenoxy) is 4. The summed E-state index contributed by atoms with van der Waals surface area (Å²) in [4.78, 5) is 62.0. The molecule has 2 fully saturated rings. The van der Waals surface area contributed by atoms with E-state index in [0.717, 1.165) is 12.0 Å². The van der Waals surface area contributed by atoms with E-state index in [-0.39, 0.29) is 47.7 Å². The van der Waals surface area contributed by atoms with Crippen LogP contribution < -0.4 is 26.6 Å². The Morgan fingerprint density at radius 3 is 1.89 bits per heavy atom. The number of amides is 2. The molecule has 2 aliphatic heterocycles. The number of piperazine rings is 2. The number of halogens is 3. The van der Waals surface area contributed by atoms with Gasteiger partial charge in [-0.15, -0.1) is 16.6 Å². The number of anilines is 3. The van der Waals surface area contributed by atoms with Gasteiger partial charge >= 0.3 is 12.1 Å². The number of carbonyl (C=O) groups is 3. The third-order valence-corrected chi connectivity index (χ3v) is 13.2. The lowest BCUT2D eigenvalue weighted by molar-refractivity contribution is -0.200. The number of esters is 1. The number of phenolic OH excluding ortho intramolecular Hbond substituents is 1. The molecule has 3 aromatic heterocycles. The first-order valence-corrected chi connectivity index (χ1v) is 25.1. The van der Waals surface area contributed by atoms with Gasteiger partial charge in [-0.2, -0.15) is 28.1 Å². The molecule has 0 aliphatic carbocycles. The normalized spacial score (nSPS) is 16.7. The minimum atomic E-state index is -5.18. The summed E-state index contributed by atoms with van der Waals surface area (Å²) in [5.41, 5.74) is 14.0. The summed E-state index contributed by atoms with van der Waals surface area (Å²) < 4.78 is 61.9. The van der Waals surface area contributed by atoms with Gasteiger partial charge in [0.25, 0.3) is 0 Å². The van der Waals surface area contributed by atoms with Crippen molar-refractivity contribution < 1.29 is 51.6 Å². The van der Waals surface area contributed by atoms with Gasteiger partial charge in [0, 0.05) is 65.3 Å². The lowest BCUT2D eigenvalue weighted by atomic mass is 9.97. The summed E-state index contributed by atoms with van der Waals surface area (Å²) >= 11 is 0. The quantitative estimate of drug-likeness (QED) is 0.0378. The van der Waals surface area contributed by atoms with Gasteiger partial charge in [-0.3, -0.25) is 9.59 Å². The van der Waals surface area contributed by atoms with Crippen LogP contribution in [-0.2, 0) is 39.8 Å². The third kappa shape index (κ3) is 16.1. The van der Waals surface area contributed by atoms with E-state index in [0.29, 0.717) is 128 Å². The first kappa shape index (κ1) is 57.5. The van der Waals surface area contributed by atoms with Crippen LogP contribution in [0.4, 0.5) is 31.0 Å². The van der Waals surface area contributed by atoms with Crippen LogP contribution in [0.2, 0.25) is 0 Å². The van der Waals surface area contributed by atoms with E-state index in [4.69, 9.17) is 47.1 Å². The van der Waals surface area contributed by atoms with Gasteiger partial charge in [0.1, 0.15) is 36.7 Å². The summed E-state index contributed by atoms with van der Waals surface area (Å²) in [6, 6.07) is 3.59. The number of phenols is 1. The maximum atomic E-state index is 14.5. The molecule has 3 unspecified atom stereocenters. The van der Waals surface area contributed by atoms with Crippen molar-refractivity contribution in [3.8, 4) is 18.1 Å². The van der Waals surface area contributed by atoms with E-state index in [9.17, 15) is 32.7 Å². The molecule has 4 aromatic rings. The number of hydrogen-bond donors (Lipinski definition) is 4. The van der Waals surface area contributed by atoms with Crippen LogP contribution in [0, 0.1) is 24.2 Å². The summed E-state index contributed by atoms with van der Waals surface area (Å²) in [7, 11) is 0. The number of rotatable bonds is 27. The SMILES string of the molecule is C#CCOCCOCCOCCNc1nc(N2CCN(C(=O)C([C@@H](C)CC)n3cc(C(N)COC(=O)C(F)(F)F)nn3)CC2)nc(N2CCN(C(=O)[C@H](Cc3ccc(O)cc3)n3cc(C(N)[C@H](C)CC)nn3)CC2)n1. The first-order valence-electron chi connectivity index (χ1n) is 25.1. The Kier molecular flexibility index (Phi) is 21.3. The van der Waals surface area contributed by atoms with Crippen molar-refractivity contribution in [2.45, 2.75) is 77.3 Å². The Morgan fingerprint density at radius 2 is 1.31 bits per heavy atom. The number of benzene rings is 1. The van der Waals surface area contributed by atoms with Crippen LogP contribution in [0.5, 0.6) is 5.75 Å². The van der Waals surface area contributed by atoms with Crippen LogP contribution in [0.15, 0.2) is 36.7 Å². The highest BCUT2D eigenvalue weighted by Crippen LogP contribution is 2.28. The zero-order valence-corrected chi connectivity index (χ0v) is 42.8. The highest BCUT2D eigenvalue weighted by molar-refractivity contribution is 5.81. The molecule has 0 spiro atoms. The zero-order chi connectivity index (χ0) is 54.1. The van der Waals surface area contributed by atoms with Gasteiger partial charge in [-0.1, -0.05) is 69.0 Å².